The van der Waals surface area contributed by atoms with Gasteiger partial charge in [-0.05, 0) is 6.07 Å². The molecule has 1 aromatic carbocycles. The third-order valence-electron chi connectivity index (χ3n) is 2.38. The van der Waals surface area contributed by atoms with Crippen molar-refractivity contribution in [1.82, 2.24) is 20.5 Å². The standard InChI is InChI=1S/C11H14N4O2/c1-17-9-4-2-3-8(11(9)16)5-12-6-10-13-7-14-15-10/h2-4,7,12,16H,5-6H2,1H3,(H,13,14,15). The van der Waals surface area contributed by atoms with Gasteiger partial charge in [-0.15, -0.1) is 0 Å². The number of nitrogens with zero attached hydrogens (tertiary/aromatic N) is 2. The van der Waals surface area contributed by atoms with Gasteiger partial charge in [-0.25, -0.2) is 4.98 Å². The molecule has 0 aliphatic heterocycles. The van der Waals surface area contributed by atoms with Gasteiger partial charge in [0.15, 0.2) is 11.5 Å². The zero-order valence-corrected chi connectivity index (χ0v) is 9.47. The molecule has 6 nitrogen and oxygen atoms in total. The summed E-state index contributed by atoms with van der Waals surface area (Å²) in [4.78, 5) is 3.99. The Morgan fingerprint density at radius 3 is 3.00 bits per heavy atom. The van der Waals surface area contributed by atoms with Crippen molar-refractivity contribution < 1.29 is 9.84 Å². The third-order valence-corrected chi connectivity index (χ3v) is 2.38. The van der Waals surface area contributed by atoms with Gasteiger partial charge in [0.05, 0.1) is 13.7 Å². The average molecular weight is 234 g/mol. The molecular formula is C11H14N4O2. The molecule has 0 unspecified atom stereocenters. The Hall–Kier alpha value is -2.08. The number of para-hydroxylation sites is 1. The Morgan fingerprint density at radius 2 is 2.29 bits per heavy atom. The van der Waals surface area contributed by atoms with E-state index in [2.05, 4.69) is 20.5 Å². The quantitative estimate of drug-likeness (QED) is 0.713. The van der Waals surface area contributed by atoms with Crippen molar-refractivity contribution >= 4 is 0 Å². The maximum atomic E-state index is 9.85. The molecule has 0 amide bonds. The molecule has 0 aliphatic carbocycles. The number of benzene rings is 1. The van der Waals surface area contributed by atoms with Crippen LogP contribution in [0.1, 0.15) is 11.4 Å². The van der Waals surface area contributed by atoms with E-state index in [0.717, 1.165) is 11.4 Å². The number of hydrogen-bond donors (Lipinski definition) is 3. The van der Waals surface area contributed by atoms with Gasteiger partial charge in [-0.3, -0.25) is 5.10 Å². The number of H-pyrrole nitrogens is 1. The van der Waals surface area contributed by atoms with Gasteiger partial charge in [0.2, 0.25) is 0 Å². The fourth-order valence-corrected chi connectivity index (χ4v) is 1.51. The summed E-state index contributed by atoms with van der Waals surface area (Å²) in [7, 11) is 1.53. The summed E-state index contributed by atoms with van der Waals surface area (Å²) in [5, 5.41) is 19.5. The molecule has 0 bridgehead atoms. The monoisotopic (exact) mass is 234 g/mol. The molecule has 0 atom stereocenters. The number of aromatic nitrogens is 3. The first-order valence-corrected chi connectivity index (χ1v) is 5.21. The van der Waals surface area contributed by atoms with Gasteiger partial charge < -0.3 is 15.2 Å². The van der Waals surface area contributed by atoms with E-state index in [4.69, 9.17) is 4.74 Å². The summed E-state index contributed by atoms with van der Waals surface area (Å²) in [6.07, 6.45) is 1.46. The maximum absolute atomic E-state index is 9.85. The molecule has 0 saturated heterocycles. The van der Waals surface area contributed by atoms with Gasteiger partial charge >= 0.3 is 0 Å². The number of aromatic amines is 1. The summed E-state index contributed by atoms with van der Waals surface area (Å²) in [6, 6.07) is 5.39. The summed E-state index contributed by atoms with van der Waals surface area (Å²) in [5.74, 6) is 1.40. The normalized spacial score (nSPS) is 10.4. The molecule has 1 heterocycles. The molecule has 0 spiro atoms. The summed E-state index contributed by atoms with van der Waals surface area (Å²) >= 11 is 0. The van der Waals surface area contributed by atoms with Gasteiger partial charge in [-0.1, -0.05) is 12.1 Å². The first-order valence-electron chi connectivity index (χ1n) is 5.21. The van der Waals surface area contributed by atoms with E-state index < -0.39 is 0 Å². The van der Waals surface area contributed by atoms with Crippen LogP contribution in [0.15, 0.2) is 24.5 Å². The molecule has 6 heteroatoms. The highest BCUT2D eigenvalue weighted by Gasteiger charge is 2.06. The van der Waals surface area contributed by atoms with Crippen LogP contribution in [-0.4, -0.2) is 27.4 Å². The van der Waals surface area contributed by atoms with Crippen molar-refractivity contribution in [2.75, 3.05) is 7.11 Å². The van der Waals surface area contributed by atoms with Crippen molar-refractivity contribution in [2.45, 2.75) is 13.1 Å². The number of nitrogens with one attached hydrogen (secondary N) is 2. The minimum Gasteiger partial charge on any atom is -0.504 e. The Morgan fingerprint density at radius 1 is 1.41 bits per heavy atom. The number of phenolic OH excluding ortho intramolecular Hbond substituents is 1. The molecule has 90 valence electrons. The lowest BCUT2D eigenvalue weighted by molar-refractivity contribution is 0.369. The molecule has 0 saturated carbocycles. The van der Waals surface area contributed by atoms with E-state index in [0.29, 0.717) is 18.8 Å². The Balaban J connectivity index is 1.95. The third kappa shape index (κ3) is 2.73. The largest absolute Gasteiger partial charge is 0.504 e. The van der Waals surface area contributed by atoms with Crippen LogP contribution in [0.4, 0.5) is 0 Å². The summed E-state index contributed by atoms with van der Waals surface area (Å²) < 4.78 is 5.03. The van der Waals surface area contributed by atoms with Gasteiger partial charge in [0.25, 0.3) is 0 Å². The van der Waals surface area contributed by atoms with E-state index in [1.54, 1.807) is 6.07 Å². The average Bonchev–Trinajstić information content (AvgIpc) is 2.84. The fourth-order valence-electron chi connectivity index (χ4n) is 1.51. The maximum Gasteiger partial charge on any atom is 0.162 e. The molecule has 1 aromatic heterocycles. The predicted molar refractivity (Wildman–Crippen MR) is 61.6 cm³/mol. The highest BCUT2D eigenvalue weighted by atomic mass is 16.5. The minimum atomic E-state index is 0.167. The molecule has 0 fully saturated rings. The highest BCUT2D eigenvalue weighted by Crippen LogP contribution is 2.28. The van der Waals surface area contributed by atoms with Crippen LogP contribution in [0.2, 0.25) is 0 Å². The zero-order chi connectivity index (χ0) is 12.1. The molecule has 17 heavy (non-hydrogen) atoms. The van der Waals surface area contributed by atoms with E-state index in [-0.39, 0.29) is 5.75 Å². The van der Waals surface area contributed by atoms with Gasteiger partial charge in [0.1, 0.15) is 12.2 Å². The van der Waals surface area contributed by atoms with E-state index in [9.17, 15) is 5.11 Å². The van der Waals surface area contributed by atoms with Crippen LogP contribution < -0.4 is 10.1 Å². The summed E-state index contributed by atoms with van der Waals surface area (Å²) in [6.45, 7) is 1.10. The van der Waals surface area contributed by atoms with E-state index in [1.165, 1.54) is 13.4 Å². The lowest BCUT2D eigenvalue weighted by atomic mass is 10.2. The predicted octanol–water partition coefficient (Wildman–Crippen LogP) is 0.809. The Bertz CT molecular complexity index is 470. The number of rotatable bonds is 5. The molecule has 0 aliphatic rings. The van der Waals surface area contributed by atoms with E-state index in [1.807, 2.05) is 12.1 Å². The fraction of sp³-hybridized carbons (Fsp3) is 0.273. The van der Waals surface area contributed by atoms with Crippen LogP contribution in [0.3, 0.4) is 0 Å². The minimum absolute atomic E-state index is 0.167. The van der Waals surface area contributed by atoms with Crippen molar-refractivity contribution in [3.05, 3.63) is 35.9 Å². The molecular weight excluding hydrogens is 220 g/mol. The van der Waals surface area contributed by atoms with Crippen LogP contribution in [-0.2, 0) is 13.1 Å². The second-order valence-electron chi connectivity index (χ2n) is 3.50. The highest BCUT2D eigenvalue weighted by molar-refractivity contribution is 5.45. The second-order valence-corrected chi connectivity index (χ2v) is 3.50. The van der Waals surface area contributed by atoms with Crippen molar-refractivity contribution in [1.29, 1.82) is 0 Å². The number of aromatic hydroxyl groups is 1. The smallest absolute Gasteiger partial charge is 0.162 e. The number of methoxy groups -OCH3 is 1. The number of hydrogen-bond acceptors (Lipinski definition) is 5. The lowest BCUT2D eigenvalue weighted by Crippen LogP contribution is -2.13. The van der Waals surface area contributed by atoms with Crippen LogP contribution in [0.25, 0.3) is 0 Å². The van der Waals surface area contributed by atoms with Crippen LogP contribution in [0.5, 0.6) is 11.5 Å². The first kappa shape index (κ1) is 11.4. The SMILES string of the molecule is COc1cccc(CNCc2ncn[nH]2)c1O. The van der Waals surface area contributed by atoms with Gasteiger partial charge in [-0.2, -0.15) is 5.10 Å². The lowest BCUT2D eigenvalue weighted by Gasteiger charge is -2.08. The van der Waals surface area contributed by atoms with Crippen molar-refractivity contribution in [3.63, 3.8) is 0 Å². The van der Waals surface area contributed by atoms with Crippen LogP contribution in [0, 0.1) is 0 Å². The topological polar surface area (TPSA) is 83.1 Å². The molecule has 3 N–H and O–H groups in total. The molecule has 0 radical (unpaired) electrons. The Kier molecular flexibility index (Phi) is 3.56. The Labute approximate surface area is 98.7 Å². The number of ether oxygens (including phenoxy) is 1. The van der Waals surface area contributed by atoms with Gasteiger partial charge in [0, 0.05) is 12.1 Å². The van der Waals surface area contributed by atoms with Crippen molar-refractivity contribution in [3.8, 4) is 11.5 Å². The molecule has 2 rings (SSSR count). The summed E-state index contributed by atoms with van der Waals surface area (Å²) in [5.41, 5.74) is 0.781. The first-order chi connectivity index (χ1) is 8.31. The second kappa shape index (κ2) is 5.31. The van der Waals surface area contributed by atoms with Crippen molar-refractivity contribution in [2.24, 2.45) is 0 Å². The zero-order valence-electron chi connectivity index (χ0n) is 9.47. The van der Waals surface area contributed by atoms with Crippen LogP contribution >= 0.6 is 0 Å². The molecule has 2 aromatic rings. The number of phenols is 1. The van der Waals surface area contributed by atoms with E-state index >= 15 is 0 Å².